The lowest BCUT2D eigenvalue weighted by molar-refractivity contribution is -0.137. The Hall–Kier alpha value is -1.95. The Balaban J connectivity index is 2.47. The first-order valence-electron chi connectivity index (χ1n) is 6.91. The maximum absolute atomic E-state index is 12.8. The number of halogens is 1. The fourth-order valence-corrected chi connectivity index (χ4v) is 1.93. The number of carbonyl (C=O) groups excluding carboxylic acids is 1. The Morgan fingerprint density at radius 1 is 1.33 bits per heavy atom. The fourth-order valence-electron chi connectivity index (χ4n) is 1.93. The van der Waals surface area contributed by atoms with Gasteiger partial charge in [0.1, 0.15) is 5.82 Å². The van der Waals surface area contributed by atoms with Gasteiger partial charge in [0.05, 0.1) is 19.0 Å². The number of hydrogen-bond donors (Lipinski definition) is 2. The number of hydrogen-bond acceptors (Lipinski definition) is 3. The minimum absolute atomic E-state index is 0.00857. The number of benzene rings is 1. The maximum atomic E-state index is 12.8. The van der Waals surface area contributed by atoms with Gasteiger partial charge in [0, 0.05) is 6.54 Å². The number of rotatable bonds is 8. The first-order valence-corrected chi connectivity index (χ1v) is 6.91. The van der Waals surface area contributed by atoms with Crippen LogP contribution in [0.5, 0.6) is 0 Å². The highest BCUT2D eigenvalue weighted by Crippen LogP contribution is 2.12. The van der Waals surface area contributed by atoms with Gasteiger partial charge in [0.2, 0.25) is 5.91 Å². The van der Waals surface area contributed by atoms with Crippen molar-refractivity contribution in [2.45, 2.75) is 26.3 Å². The number of aliphatic carboxylic acids is 1. The van der Waals surface area contributed by atoms with Crippen LogP contribution in [0.3, 0.4) is 0 Å². The predicted octanol–water partition coefficient (Wildman–Crippen LogP) is 1.80. The third-order valence-electron chi connectivity index (χ3n) is 3.20. The van der Waals surface area contributed by atoms with Crippen molar-refractivity contribution in [1.82, 2.24) is 10.2 Å². The van der Waals surface area contributed by atoms with Crippen LogP contribution in [0.4, 0.5) is 4.39 Å². The van der Waals surface area contributed by atoms with E-state index in [0.717, 1.165) is 5.56 Å². The largest absolute Gasteiger partial charge is 0.481 e. The quantitative estimate of drug-likeness (QED) is 0.767. The summed E-state index contributed by atoms with van der Waals surface area (Å²) in [5.41, 5.74) is 0.818. The van der Waals surface area contributed by atoms with Crippen LogP contribution in [0.25, 0.3) is 0 Å². The first-order chi connectivity index (χ1) is 9.92. The van der Waals surface area contributed by atoms with Crippen LogP contribution in [0.15, 0.2) is 24.3 Å². The molecule has 1 unspecified atom stereocenters. The summed E-state index contributed by atoms with van der Waals surface area (Å²) in [6.07, 6.45) is 0.00857. The SMILES string of the molecule is CCN(CCC(=O)O)CC(=O)NC(C)c1ccc(F)cc1. The summed E-state index contributed by atoms with van der Waals surface area (Å²) in [6.45, 7) is 4.78. The van der Waals surface area contributed by atoms with Gasteiger partial charge in [0.15, 0.2) is 0 Å². The molecule has 0 aliphatic heterocycles. The minimum atomic E-state index is -0.881. The molecular formula is C15H21FN2O3. The van der Waals surface area contributed by atoms with Gasteiger partial charge in [0.25, 0.3) is 0 Å². The Bertz CT molecular complexity index is 476. The summed E-state index contributed by atoms with van der Waals surface area (Å²) in [7, 11) is 0. The van der Waals surface area contributed by atoms with Crippen molar-refractivity contribution in [3.8, 4) is 0 Å². The molecule has 1 amide bonds. The van der Waals surface area contributed by atoms with Crippen LogP contribution in [0.1, 0.15) is 31.9 Å². The lowest BCUT2D eigenvalue weighted by Crippen LogP contribution is -2.39. The predicted molar refractivity (Wildman–Crippen MR) is 77.3 cm³/mol. The second kappa shape index (κ2) is 8.36. The van der Waals surface area contributed by atoms with E-state index in [9.17, 15) is 14.0 Å². The molecule has 0 bridgehead atoms. The monoisotopic (exact) mass is 296 g/mol. The number of carboxylic acids is 1. The maximum Gasteiger partial charge on any atom is 0.304 e. The van der Waals surface area contributed by atoms with Crippen LogP contribution in [0, 0.1) is 5.82 Å². The number of carbonyl (C=O) groups is 2. The summed E-state index contributed by atoms with van der Waals surface area (Å²) in [6, 6.07) is 5.73. The highest BCUT2D eigenvalue weighted by Gasteiger charge is 2.13. The first kappa shape index (κ1) is 17.1. The molecule has 0 saturated carbocycles. The van der Waals surface area contributed by atoms with Crippen molar-refractivity contribution >= 4 is 11.9 Å². The molecule has 1 atom stereocenters. The van der Waals surface area contributed by atoms with Crippen molar-refractivity contribution in [2.24, 2.45) is 0 Å². The van der Waals surface area contributed by atoms with E-state index in [4.69, 9.17) is 5.11 Å². The molecule has 1 rings (SSSR count). The average Bonchev–Trinajstić information content (AvgIpc) is 2.43. The van der Waals surface area contributed by atoms with Crippen LogP contribution in [-0.2, 0) is 9.59 Å². The lowest BCUT2D eigenvalue weighted by Gasteiger charge is -2.21. The van der Waals surface area contributed by atoms with Crippen LogP contribution >= 0.6 is 0 Å². The zero-order chi connectivity index (χ0) is 15.8. The van der Waals surface area contributed by atoms with Gasteiger partial charge < -0.3 is 10.4 Å². The molecule has 0 aromatic heterocycles. The molecule has 0 saturated heterocycles. The van der Waals surface area contributed by atoms with E-state index in [-0.39, 0.29) is 30.7 Å². The molecule has 0 radical (unpaired) electrons. The molecule has 0 aliphatic carbocycles. The second-order valence-corrected chi connectivity index (χ2v) is 4.85. The van der Waals surface area contributed by atoms with E-state index in [2.05, 4.69) is 5.32 Å². The Morgan fingerprint density at radius 2 is 1.95 bits per heavy atom. The molecule has 0 fully saturated rings. The van der Waals surface area contributed by atoms with E-state index in [1.165, 1.54) is 12.1 Å². The van der Waals surface area contributed by atoms with Gasteiger partial charge in [-0.3, -0.25) is 14.5 Å². The number of nitrogens with one attached hydrogen (secondary N) is 1. The summed E-state index contributed by atoms with van der Waals surface area (Å²) in [4.78, 5) is 24.2. The van der Waals surface area contributed by atoms with Crippen molar-refractivity contribution in [2.75, 3.05) is 19.6 Å². The molecule has 21 heavy (non-hydrogen) atoms. The molecule has 1 aromatic rings. The van der Waals surface area contributed by atoms with Crippen molar-refractivity contribution < 1.29 is 19.1 Å². The number of nitrogens with zero attached hydrogens (tertiary/aromatic N) is 1. The Labute approximate surface area is 123 Å². The van der Waals surface area contributed by atoms with Crippen molar-refractivity contribution in [3.63, 3.8) is 0 Å². The van der Waals surface area contributed by atoms with Crippen LogP contribution in [0.2, 0.25) is 0 Å². The molecule has 0 aliphatic rings. The molecule has 0 heterocycles. The highest BCUT2D eigenvalue weighted by molar-refractivity contribution is 5.78. The zero-order valence-electron chi connectivity index (χ0n) is 12.3. The van der Waals surface area contributed by atoms with E-state index >= 15 is 0 Å². The molecule has 2 N–H and O–H groups in total. The van der Waals surface area contributed by atoms with Gasteiger partial charge in [-0.15, -0.1) is 0 Å². The van der Waals surface area contributed by atoms with Gasteiger partial charge in [-0.2, -0.15) is 0 Å². The molecule has 6 heteroatoms. The number of amides is 1. The van der Waals surface area contributed by atoms with E-state index in [0.29, 0.717) is 13.1 Å². The summed E-state index contributed by atoms with van der Waals surface area (Å²) in [5.74, 6) is -1.38. The second-order valence-electron chi connectivity index (χ2n) is 4.85. The average molecular weight is 296 g/mol. The summed E-state index contributed by atoms with van der Waals surface area (Å²) < 4.78 is 12.8. The van der Waals surface area contributed by atoms with E-state index in [1.807, 2.05) is 13.8 Å². The van der Waals surface area contributed by atoms with Crippen molar-refractivity contribution in [1.29, 1.82) is 0 Å². The third kappa shape index (κ3) is 6.35. The standard InChI is InChI=1S/C15H21FN2O3/c1-3-18(9-8-15(20)21)10-14(19)17-11(2)12-4-6-13(16)7-5-12/h4-7,11H,3,8-10H2,1-2H3,(H,17,19)(H,20,21). The lowest BCUT2D eigenvalue weighted by atomic mass is 10.1. The van der Waals surface area contributed by atoms with Gasteiger partial charge in [-0.1, -0.05) is 19.1 Å². The van der Waals surface area contributed by atoms with Crippen molar-refractivity contribution in [3.05, 3.63) is 35.6 Å². The molecule has 0 spiro atoms. The topological polar surface area (TPSA) is 69.6 Å². The minimum Gasteiger partial charge on any atom is -0.481 e. The van der Waals surface area contributed by atoms with Gasteiger partial charge in [-0.25, -0.2) is 4.39 Å². The number of likely N-dealkylation sites (N-methyl/N-ethyl adjacent to an activating group) is 1. The molecule has 116 valence electrons. The Kier molecular flexibility index (Phi) is 6.81. The van der Waals surface area contributed by atoms with Gasteiger partial charge in [-0.05, 0) is 31.2 Å². The number of carboxylic acid groups (broad SMARTS) is 1. The molecule has 5 nitrogen and oxygen atoms in total. The smallest absolute Gasteiger partial charge is 0.304 e. The van der Waals surface area contributed by atoms with Crippen LogP contribution < -0.4 is 5.32 Å². The van der Waals surface area contributed by atoms with Crippen LogP contribution in [-0.4, -0.2) is 41.5 Å². The van der Waals surface area contributed by atoms with E-state index in [1.54, 1.807) is 17.0 Å². The summed E-state index contributed by atoms with van der Waals surface area (Å²) >= 11 is 0. The molecular weight excluding hydrogens is 275 g/mol. The fraction of sp³-hybridized carbons (Fsp3) is 0.467. The molecule has 1 aromatic carbocycles. The van der Waals surface area contributed by atoms with Gasteiger partial charge >= 0.3 is 5.97 Å². The Morgan fingerprint density at radius 3 is 2.48 bits per heavy atom. The normalized spacial score (nSPS) is 12.2. The highest BCUT2D eigenvalue weighted by atomic mass is 19.1. The third-order valence-corrected chi connectivity index (χ3v) is 3.20. The zero-order valence-corrected chi connectivity index (χ0v) is 12.3. The van der Waals surface area contributed by atoms with E-state index < -0.39 is 5.97 Å². The summed E-state index contributed by atoms with van der Waals surface area (Å²) in [5, 5.41) is 11.5.